The number of benzene rings is 3. The molecule has 2 aliphatic rings. The van der Waals surface area contributed by atoms with E-state index in [1.54, 1.807) is 12.1 Å². The van der Waals surface area contributed by atoms with E-state index in [9.17, 15) is 4.79 Å². The van der Waals surface area contributed by atoms with Crippen LogP contribution in [0.1, 0.15) is 35.2 Å². The maximum absolute atomic E-state index is 12.7. The third kappa shape index (κ3) is 2.45. The number of methoxy groups -OCH3 is 1. The van der Waals surface area contributed by atoms with E-state index >= 15 is 0 Å². The summed E-state index contributed by atoms with van der Waals surface area (Å²) in [5, 5.41) is 4.05. The minimum absolute atomic E-state index is 0.00683. The van der Waals surface area contributed by atoms with Crippen LogP contribution in [-0.4, -0.2) is 30.1 Å². The first-order valence-electron chi connectivity index (χ1n) is 9.56. The summed E-state index contributed by atoms with van der Waals surface area (Å²) >= 11 is 0. The van der Waals surface area contributed by atoms with E-state index < -0.39 is 0 Å². The minimum Gasteiger partial charge on any atom is -0.497 e. The summed E-state index contributed by atoms with van der Waals surface area (Å²) in [4.78, 5) is 12.7. The third-order valence-electron chi connectivity index (χ3n) is 5.96. The van der Waals surface area contributed by atoms with E-state index in [1.165, 1.54) is 22.3 Å². The number of hydrogen-bond acceptors (Lipinski definition) is 3. The molecule has 5 rings (SSSR count). The molecule has 1 aliphatic heterocycles. The molecule has 3 aromatic rings. The van der Waals surface area contributed by atoms with Gasteiger partial charge in [0, 0.05) is 13.5 Å². The molecule has 0 saturated carbocycles. The van der Waals surface area contributed by atoms with Crippen molar-refractivity contribution in [3.05, 3.63) is 89.5 Å². The van der Waals surface area contributed by atoms with Gasteiger partial charge in [-0.15, -0.1) is 0 Å². The maximum Gasteiger partial charge on any atom is 0.238 e. The van der Waals surface area contributed by atoms with Crippen LogP contribution in [0.5, 0.6) is 5.75 Å². The van der Waals surface area contributed by atoms with Gasteiger partial charge in [-0.05, 0) is 39.9 Å². The molecule has 140 valence electrons. The number of carbonyl (C=O) groups excluding carboxylic acids is 1. The van der Waals surface area contributed by atoms with E-state index in [0.29, 0.717) is 6.42 Å². The number of hydrazine groups is 1. The first-order chi connectivity index (χ1) is 13.7. The van der Waals surface area contributed by atoms with Crippen molar-refractivity contribution < 1.29 is 9.53 Å². The molecule has 3 aromatic carbocycles. The lowest BCUT2D eigenvalue weighted by molar-refractivity contribution is -0.138. The number of ether oxygens (including phenoxy) is 1. The summed E-state index contributed by atoms with van der Waals surface area (Å²) in [5.41, 5.74) is 6.14. The summed E-state index contributed by atoms with van der Waals surface area (Å²) in [7, 11) is 3.55. The predicted octanol–water partition coefficient (Wildman–Crippen LogP) is 4.59. The average Bonchev–Trinajstić information content (AvgIpc) is 3.22. The summed E-state index contributed by atoms with van der Waals surface area (Å²) in [6.07, 6.45) is 0.476. The number of nitrogens with zero attached hydrogens (tertiary/aromatic N) is 2. The second kappa shape index (κ2) is 6.50. The van der Waals surface area contributed by atoms with Crippen LogP contribution in [0, 0.1) is 0 Å². The van der Waals surface area contributed by atoms with Crippen molar-refractivity contribution in [1.82, 2.24) is 10.0 Å². The second-order valence-electron chi connectivity index (χ2n) is 7.37. The van der Waals surface area contributed by atoms with Gasteiger partial charge in [-0.25, -0.2) is 0 Å². The fraction of sp³-hybridized carbons (Fsp3) is 0.208. The summed E-state index contributed by atoms with van der Waals surface area (Å²) in [5.74, 6) is 0.965. The van der Waals surface area contributed by atoms with Crippen molar-refractivity contribution in [2.24, 2.45) is 0 Å². The van der Waals surface area contributed by atoms with E-state index in [-0.39, 0.29) is 18.0 Å². The highest BCUT2D eigenvalue weighted by atomic mass is 16.5. The highest BCUT2D eigenvalue weighted by Gasteiger charge is 2.44. The molecule has 4 heteroatoms. The standard InChI is InChI=1S/C24H22N2O2/c1-25-23(27)15-22(16-11-13-17(28-2)14-12-16)26(25)24-20-9-5-3-7-18(20)19-8-4-6-10-21(19)24/h3-14,22,24H,15H2,1-2H3. The Kier molecular flexibility index (Phi) is 3.95. The summed E-state index contributed by atoms with van der Waals surface area (Å²) in [6.45, 7) is 0. The summed E-state index contributed by atoms with van der Waals surface area (Å²) in [6, 6.07) is 25.1. The number of carbonyl (C=O) groups is 1. The number of fused-ring (bicyclic) bond motifs is 3. The van der Waals surface area contributed by atoms with Crippen LogP contribution < -0.4 is 4.74 Å². The first-order valence-corrected chi connectivity index (χ1v) is 9.56. The molecule has 0 spiro atoms. The molecule has 4 nitrogen and oxygen atoms in total. The quantitative estimate of drug-likeness (QED) is 0.676. The fourth-order valence-electron chi connectivity index (χ4n) is 4.59. The monoisotopic (exact) mass is 370 g/mol. The Balaban J connectivity index is 1.64. The first kappa shape index (κ1) is 17.0. The topological polar surface area (TPSA) is 32.8 Å². The molecule has 1 amide bonds. The van der Waals surface area contributed by atoms with Crippen molar-refractivity contribution in [3.63, 3.8) is 0 Å². The van der Waals surface area contributed by atoms with Crippen LogP contribution in [0.25, 0.3) is 11.1 Å². The number of rotatable bonds is 3. The van der Waals surface area contributed by atoms with Crippen LogP contribution in [0.3, 0.4) is 0 Å². The summed E-state index contributed by atoms with van der Waals surface area (Å²) < 4.78 is 5.30. The van der Waals surface area contributed by atoms with Crippen LogP contribution in [0.4, 0.5) is 0 Å². The highest BCUT2D eigenvalue weighted by molar-refractivity contribution is 5.81. The lowest BCUT2D eigenvalue weighted by atomic mass is 9.99. The molecule has 0 bridgehead atoms. The molecular weight excluding hydrogens is 348 g/mol. The van der Waals surface area contributed by atoms with Crippen molar-refractivity contribution >= 4 is 5.91 Å². The lowest BCUT2D eigenvalue weighted by Crippen LogP contribution is -2.39. The smallest absolute Gasteiger partial charge is 0.238 e. The van der Waals surface area contributed by atoms with E-state index in [4.69, 9.17) is 4.74 Å². The largest absolute Gasteiger partial charge is 0.497 e. The highest BCUT2D eigenvalue weighted by Crippen LogP contribution is 2.51. The second-order valence-corrected chi connectivity index (χ2v) is 7.37. The van der Waals surface area contributed by atoms with Gasteiger partial charge in [0.05, 0.1) is 19.2 Å². The van der Waals surface area contributed by atoms with Crippen molar-refractivity contribution in [3.8, 4) is 16.9 Å². The van der Waals surface area contributed by atoms with Crippen LogP contribution >= 0.6 is 0 Å². The Hall–Kier alpha value is -3.11. The number of hydrogen-bond donors (Lipinski definition) is 0. The Morgan fingerprint density at radius 2 is 1.43 bits per heavy atom. The average molecular weight is 370 g/mol. The van der Waals surface area contributed by atoms with Crippen LogP contribution in [0.2, 0.25) is 0 Å². The number of amides is 1. The lowest BCUT2D eigenvalue weighted by Gasteiger charge is -2.36. The van der Waals surface area contributed by atoms with Gasteiger partial charge in [0.25, 0.3) is 0 Å². The molecule has 1 aliphatic carbocycles. The molecule has 0 radical (unpaired) electrons. The maximum atomic E-state index is 12.7. The molecule has 0 N–H and O–H groups in total. The Bertz CT molecular complexity index is 999. The predicted molar refractivity (Wildman–Crippen MR) is 109 cm³/mol. The Labute approximate surface area is 164 Å². The van der Waals surface area contributed by atoms with Gasteiger partial charge in [0.15, 0.2) is 0 Å². The van der Waals surface area contributed by atoms with E-state index in [0.717, 1.165) is 11.3 Å². The van der Waals surface area contributed by atoms with E-state index in [1.807, 2.05) is 19.2 Å². The van der Waals surface area contributed by atoms with Gasteiger partial charge in [0.1, 0.15) is 5.75 Å². The van der Waals surface area contributed by atoms with Gasteiger partial charge in [-0.2, -0.15) is 5.01 Å². The van der Waals surface area contributed by atoms with Gasteiger partial charge in [-0.1, -0.05) is 60.7 Å². The zero-order chi connectivity index (χ0) is 19.3. The normalized spacial score (nSPS) is 19.0. The minimum atomic E-state index is -0.00683. The molecule has 28 heavy (non-hydrogen) atoms. The molecule has 1 fully saturated rings. The Morgan fingerprint density at radius 3 is 2.00 bits per heavy atom. The van der Waals surface area contributed by atoms with Gasteiger partial charge in [0.2, 0.25) is 5.91 Å². The molecule has 1 atom stereocenters. The molecule has 1 heterocycles. The Morgan fingerprint density at radius 1 is 0.857 bits per heavy atom. The molecular formula is C24H22N2O2. The van der Waals surface area contributed by atoms with Crippen LogP contribution in [0.15, 0.2) is 72.8 Å². The van der Waals surface area contributed by atoms with Crippen molar-refractivity contribution in [1.29, 1.82) is 0 Å². The molecule has 1 unspecified atom stereocenters. The zero-order valence-corrected chi connectivity index (χ0v) is 16.0. The molecule has 1 saturated heterocycles. The fourth-order valence-corrected chi connectivity index (χ4v) is 4.59. The SMILES string of the molecule is COc1ccc(C2CC(=O)N(C)N2C2c3ccccc3-c3ccccc32)cc1. The third-order valence-corrected chi connectivity index (χ3v) is 5.96. The van der Waals surface area contributed by atoms with E-state index in [2.05, 4.69) is 65.7 Å². The van der Waals surface area contributed by atoms with Gasteiger partial charge < -0.3 is 4.74 Å². The van der Waals surface area contributed by atoms with Crippen LogP contribution in [-0.2, 0) is 4.79 Å². The van der Waals surface area contributed by atoms with Crippen molar-refractivity contribution in [2.75, 3.05) is 14.2 Å². The van der Waals surface area contributed by atoms with Gasteiger partial charge >= 0.3 is 0 Å². The molecule has 0 aromatic heterocycles. The van der Waals surface area contributed by atoms with Crippen molar-refractivity contribution in [2.45, 2.75) is 18.5 Å². The zero-order valence-electron chi connectivity index (χ0n) is 16.0. The van der Waals surface area contributed by atoms with Gasteiger partial charge in [-0.3, -0.25) is 9.80 Å².